The summed E-state index contributed by atoms with van der Waals surface area (Å²) in [5.74, 6) is 0.606. The minimum atomic E-state index is -0.499. The molecule has 0 spiro atoms. The Hall–Kier alpha value is -1.56. The monoisotopic (exact) mass is 409 g/mol. The van der Waals surface area contributed by atoms with E-state index in [0.29, 0.717) is 6.42 Å². The van der Waals surface area contributed by atoms with Gasteiger partial charge in [0, 0.05) is 9.26 Å². The third-order valence-corrected chi connectivity index (χ3v) is 4.25. The lowest BCUT2D eigenvalue weighted by atomic mass is 10.1. The Kier molecular flexibility index (Phi) is 5.83. The maximum Gasteiger partial charge on any atom is 0.265 e. The van der Waals surface area contributed by atoms with Crippen LogP contribution in [0.4, 0.5) is 5.69 Å². The van der Waals surface area contributed by atoms with E-state index in [4.69, 9.17) is 4.74 Å². The van der Waals surface area contributed by atoms with Gasteiger partial charge in [0.05, 0.1) is 0 Å². The van der Waals surface area contributed by atoms with Crippen LogP contribution < -0.4 is 10.1 Å². The standard InChI is InChI=1S/C18H20INO2/c1-4-17(22-16-10-5-12(2)13(3)11-16)18(21)20-15-8-6-14(19)7-9-15/h5-11,17H,4H2,1-3H3,(H,20,21). The Labute approximate surface area is 145 Å². The van der Waals surface area contributed by atoms with Crippen molar-refractivity contribution in [3.8, 4) is 5.75 Å². The van der Waals surface area contributed by atoms with Crippen molar-refractivity contribution in [2.75, 3.05) is 5.32 Å². The van der Waals surface area contributed by atoms with Gasteiger partial charge in [0.15, 0.2) is 6.10 Å². The molecule has 2 rings (SSSR count). The number of ether oxygens (including phenoxy) is 1. The van der Waals surface area contributed by atoms with Gasteiger partial charge in [0.1, 0.15) is 5.75 Å². The summed E-state index contributed by atoms with van der Waals surface area (Å²) in [4.78, 5) is 12.3. The molecule has 0 aromatic heterocycles. The van der Waals surface area contributed by atoms with Crippen molar-refractivity contribution in [3.63, 3.8) is 0 Å². The summed E-state index contributed by atoms with van der Waals surface area (Å²) < 4.78 is 6.98. The summed E-state index contributed by atoms with van der Waals surface area (Å²) in [5, 5.41) is 2.90. The molecule has 0 saturated heterocycles. The molecular formula is C18H20INO2. The number of anilines is 1. The van der Waals surface area contributed by atoms with Crippen LogP contribution in [0.5, 0.6) is 5.75 Å². The third-order valence-electron chi connectivity index (χ3n) is 3.53. The smallest absolute Gasteiger partial charge is 0.265 e. The molecule has 0 bridgehead atoms. The predicted octanol–water partition coefficient (Wildman–Crippen LogP) is 4.70. The number of hydrogen-bond donors (Lipinski definition) is 1. The number of nitrogens with one attached hydrogen (secondary N) is 1. The lowest BCUT2D eigenvalue weighted by molar-refractivity contribution is -0.122. The molecule has 22 heavy (non-hydrogen) atoms. The van der Waals surface area contributed by atoms with Crippen LogP contribution in [0.15, 0.2) is 42.5 Å². The number of hydrogen-bond acceptors (Lipinski definition) is 2. The van der Waals surface area contributed by atoms with Crippen LogP contribution in [-0.2, 0) is 4.79 Å². The van der Waals surface area contributed by atoms with Crippen LogP contribution in [0.25, 0.3) is 0 Å². The van der Waals surface area contributed by atoms with Gasteiger partial charge in [-0.3, -0.25) is 4.79 Å². The molecule has 1 N–H and O–H groups in total. The van der Waals surface area contributed by atoms with Crippen molar-refractivity contribution in [2.24, 2.45) is 0 Å². The maximum absolute atomic E-state index is 12.3. The number of halogens is 1. The number of benzene rings is 2. The molecule has 116 valence electrons. The van der Waals surface area contributed by atoms with Crippen LogP contribution in [0.1, 0.15) is 24.5 Å². The van der Waals surface area contributed by atoms with E-state index < -0.39 is 6.10 Å². The predicted molar refractivity (Wildman–Crippen MR) is 98.4 cm³/mol. The second kappa shape index (κ2) is 7.63. The number of rotatable bonds is 5. The lowest BCUT2D eigenvalue weighted by Gasteiger charge is -2.18. The molecule has 0 fully saturated rings. The molecule has 0 aliphatic rings. The molecule has 4 heteroatoms. The molecule has 2 aromatic carbocycles. The molecule has 0 aliphatic heterocycles. The minimum Gasteiger partial charge on any atom is -0.481 e. The zero-order valence-electron chi connectivity index (χ0n) is 13.0. The highest BCUT2D eigenvalue weighted by atomic mass is 127. The topological polar surface area (TPSA) is 38.3 Å². The van der Waals surface area contributed by atoms with E-state index >= 15 is 0 Å². The summed E-state index contributed by atoms with van der Waals surface area (Å²) in [6.45, 7) is 6.04. The van der Waals surface area contributed by atoms with Gasteiger partial charge < -0.3 is 10.1 Å². The summed E-state index contributed by atoms with van der Waals surface area (Å²) in [6.07, 6.45) is 0.115. The fourth-order valence-corrected chi connectivity index (χ4v) is 2.39. The van der Waals surface area contributed by atoms with Gasteiger partial charge in [-0.1, -0.05) is 13.0 Å². The molecule has 0 radical (unpaired) electrons. The van der Waals surface area contributed by atoms with E-state index in [1.165, 1.54) is 5.56 Å². The van der Waals surface area contributed by atoms with Crippen molar-refractivity contribution in [2.45, 2.75) is 33.3 Å². The highest BCUT2D eigenvalue weighted by molar-refractivity contribution is 14.1. The van der Waals surface area contributed by atoms with Crippen molar-refractivity contribution < 1.29 is 9.53 Å². The first-order valence-corrected chi connectivity index (χ1v) is 8.38. The van der Waals surface area contributed by atoms with Crippen LogP contribution in [0, 0.1) is 17.4 Å². The largest absolute Gasteiger partial charge is 0.481 e. The maximum atomic E-state index is 12.3. The van der Waals surface area contributed by atoms with Crippen molar-refractivity contribution in [1.82, 2.24) is 0 Å². The molecule has 3 nitrogen and oxygen atoms in total. The van der Waals surface area contributed by atoms with E-state index in [-0.39, 0.29) is 5.91 Å². The average molecular weight is 409 g/mol. The van der Waals surface area contributed by atoms with Crippen LogP contribution >= 0.6 is 22.6 Å². The Morgan fingerprint density at radius 1 is 1.14 bits per heavy atom. The summed E-state index contributed by atoms with van der Waals surface area (Å²) in [6, 6.07) is 13.6. The van der Waals surface area contributed by atoms with Gasteiger partial charge in [-0.15, -0.1) is 0 Å². The Bertz CT molecular complexity index is 653. The summed E-state index contributed by atoms with van der Waals surface area (Å²) in [5.41, 5.74) is 3.15. The van der Waals surface area contributed by atoms with Gasteiger partial charge in [-0.2, -0.15) is 0 Å². The van der Waals surface area contributed by atoms with E-state index in [2.05, 4.69) is 34.8 Å². The van der Waals surface area contributed by atoms with E-state index in [0.717, 1.165) is 20.6 Å². The molecule has 0 heterocycles. The van der Waals surface area contributed by atoms with Crippen molar-refractivity contribution >= 4 is 34.2 Å². The van der Waals surface area contributed by atoms with E-state index in [9.17, 15) is 4.79 Å². The third kappa shape index (κ3) is 4.47. The quantitative estimate of drug-likeness (QED) is 0.727. The van der Waals surface area contributed by atoms with Crippen LogP contribution in [0.3, 0.4) is 0 Å². The number of carbonyl (C=O) groups is 1. The van der Waals surface area contributed by atoms with Crippen molar-refractivity contribution in [3.05, 3.63) is 57.2 Å². The van der Waals surface area contributed by atoms with Crippen LogP contribution in [-0.4, -0.2) is 12.0 Å². The Morgan fingerprint density at radius 3 is 2.41 bits per heavy atom. The second-order valence-electron chi connectivity index (χ2n) is 5.26. The number of aryl methyl sites for hydroxylation is 2. The average Bonchev–Trinajstić information content (AvgIpc) is 2.50. The number of amides is 1. The van der Waals surface area contributed by atoms with Gasteiger partial charge in [-0.25, -0.2) is 0 Å². The SMILES string of the molecule is CCC(Oc1ccc(C)c(C)c1)C(=O)Nc1ccc(I)cc1. The fraction of sp³-hybridized carbons (Fsp3) is 0.278. The van der Waals surface area contributed by atoms with Crippen LogP contribution in [0.2, 0.25) is 0 Å². The first-order chi connectivity index (χ1) is 10.5. The Morgan fingerprint density at radius 2 is 1.82 bits per heavy atom. The molecular weight excluding hydrogens is 389 g/mol. The second-order valence-corrected chi connectivity index (χ2v) is 6.50. The van der Waals surface area contributed by atoms with Gasteiger partial charge >= 0.3 is 0 Å². The fourth-order valence-electron chi connectivity index (χ4n) is 2.03. The van der Waals surface area contributed by atoms with E-state index in [1.807, 2.05) is 56.3 Å². The van der Waals surface area contributed by atoms with Crippen molar-refractivity contribution in [1.29, 1.82) is 0 Å². The highest BCUT2D eigenvalue weighted by Gasteiger charge is 2.18. The first-order valence-electron chi connectivity index (χ1n) is 7.30. The molecule has 0 aliphatic carbocycles. The Balaban J connectivity index is 2.05. The number of carbonyl (C=O) groups excluding carboxylic acids is 1. The summed E-state index contributed by atoms with van der Waals surface area (Å²) >= 11 is 2.23. The first kappa shape index (κ1) is 16.8. The van der Waals surface area contributed by atoms with E-state index in [1.54, 1.807) is 0 Å². The summed E-state index contributed by atoms with van der Waals surface area (Å²) in [7, 11) is 0. The molecule has 0 saturated carbocycles. The zero-order chi connectivity index (χ0) is 16.1. The molecule has 2 aromatic rings. The molecule has 1 amide bonds. The van der Waals surface area contributed by atoms with Gasteiger partial charge in [0.2, 0.25) is 0 Å². The zero-order valence-corrected chi connectivity index (χ0v) is 15.2. The normalized spacial score (nSPS) is 11.8. The minimum absolute atomic E-state index is 0.123. The highest BCUT2D eigenvalue weighted by Crippen LogP contribution is 2.19. The molecule has 1 atom stereocenters. The van der Waals surface area contributed by atoms with Gasteiger partial charge in [0.25, 0.3) is 5.91 Å². The molecule has 1 unspecified atom stereocenters. The van der Waals surface area contributed by atoms with Gasteiger partial charge in [-0.05, 0) is 90.4 Å². The lowest BCUT2D eigenvalue weighted by Crippen LogP contribution is -2.32.